The first-order valence-electron chi connectivity index (χ1n) is 20.9. The number of benzene rings is 9. The Morgan fingerprint density at radius 2 is 0.945 bits per heavy atom. The van der Waals surface area contributed by atoms with Crippen LogP contribution in [0.1, 0.15) is 8.22 Å². The Labute approximate surface area is 334 Å². The molecule has 11 aromatic rings. The molecule has 0 fully saturated rings. The summed E-state index contributed by atoms with van der Waals surface area (Å²) in [5.74, 6) is 0. The second-order valence-electron chi connectivity index (χ2n) is 13.3. The minimum atomic E-state index is -0.284. The third-order valence-corrected chi connectivity index (χ3v) is 12.1. The molecular weight excluding hydrogens is 707 g/mol. The maximum absolute atomic E-state index is 9.78. The number of nitrogens with zero attached hydrogens (tertiary/aromatic N) is 3. The number of anilines is 3. The monoisotopic (exact) mass is 743 g/mol. The van der Waals surface area contributed by atoms with Crippen LogP contribution in [0.3, 0.4) is 0 Å². The van der Waals surface area contributed by atoms with Crippen LogP contribution in [0.2, 0.25) is 0 Å². The highest BCUT2D eigenvalue weighted by Crippen LogP contribution is 2.41. The summed E-state index contributed by atoms with van der Waals surface area (Å²) in [6, 6.07) is 47.8. The smallest absolute Gasteiger partial charge is 0.124 e. The Morgan fingerprint density at radius 3 is 1.58 bits per heavy atom. The summed E-state index contributed by atoms with van der Waals surface area (Å²) in [6.07, 6.45) is 0. The minimum absolute atomic E-state index is 0.00399. The zero-order valence-corrected chi connectivity index (χ0v) is 30.7. The normalized spacial score (nSPS) is 13.2. The van der Waals surface area contributed by atoms with Gasteiger partial charge in [-0.05, 0) is 140 Å². The average Bonchev–Trinajstić information content (AvgIpc) is 3.94. The fourth-order valence-electron chi connectivity index (χ4n) is 7.28. The van der Waals surface area contributed by atoms with Gasteiger partial charge >= 0.3 is 0 Å². The molecule has 0 aliphatic heterocycles. The van der Waals surface area contributed by atoms with E-state index in [9.17, 15) is 8.22 Å². The zero-order chi connectivity index (χ0) is 41.5. The Morgan fingerprint density at radius 1 is 0.418 bits per heavy atom. The van der Waals surface area contributed by atoms with Crippen molar-refractivity contribution in [3.05, 3.63) is 188 Å². The van der Waals surface area contributed by atoms with Gasteiger partial charge in [-0.3, -0.25) is 0 Å². The largest absolute Gasteiger partial charge is 0.310 e. The van der Waals surface area contributed by atoms with E-state index in [0.29, 0.717) is 16.9 Å². The quantitative estimate of drug-likeness (QED) is 0.159. The van der Waals surface area contributed by atoms with E-state index in [1.165, 1.54) is 0 Å². The molecule has 3 nitrogen and oxygen atoms in total. The van der Waals surface area contributed by atoms with Crippen LogP contribution in [0.15, 0.2) is 188 Å². The molecular formula is C50H31N3S2. The summed E-state index contributed by atoms with van der Waals surface area (Å²) in [5, 5.41) is 5.43. The lowest BCUT2D eigenvalue weighted by Crippen LogP contribution is -2.09. The predicted molar refractivity (Wildman–Crippen MR) is 236 cm³/mol. The maximum atomic E-state index is 9.78. The molecule has 0 bridgehead atoms. The summed E-state index contributed by atoms with van der Waals surface area (Å²) >= 11 is 3.20. The summed E-state index contributed by atoms with van der Waals surface area (Å²) in [4.78, 5) is 11.5. The summed E-state index contributed by atoms with van der Waals surface area (Å²) in [7, 11) is 0. The van der Waals surface area contributed by atoms with Crippen molar-refractivity contribution in [2.24, 2.45) is 0 Å². The van der Waals surface area contributed by atoms with Gasteiger partial charge in [-0.1, -0.05) is 90.9 Å². The van der Waals surface area contributed by atoms with Gasteiger partial charge in [0, 0.05) is 28.2 Å². The van der Waals surface area contributed by atoms with Crippen molar-refractivity contribution < 1.29 is 8.22 Å². The average molecular weight is 744 g/mol. The molecule has 0 radical (unpaired) electrons. The highest BCUT2D eigenvalue weighted by molar-refractivity contribution is 7.22. The molecule has 0 saturated heterocycles. The van der Waals surface area contributed by atoms with Crippen molar-refractivity contribution in [1.82, 2.24) is 9.97 Å². The molecule has 0 amide bonds. The van der Waals surface area contributed by atoms with Crippen molar-refractivity contribution in [2.45, 2.75) is 0 Å². The van der Waals surface area contributed by atoms with Crippen molar-refractivity contribution in [3.63, 3.8) is 0 Å². The van der Waals surface area contributed by atoms with Crippen LogP contribution in [0.25, 0.3) is 85.0 Å². The van der Waals surface area contributed by atoms with Crippen molar-refractivity contribution in [1.29, 1.82) is 0 Å². The molecule has 0 spiro atoms. The SMILES string of the molecule is [2H]c1c(N(c2ccc(-c3nc4ccccc4s3)cc2)c2ccc(-c3nc4ccccc4s3)cc2)c([2H])c2c([2H])c([2H])c(-c3cc4ccccc4c4ccccc34)c([2H])c2c1[2H]. The number of hydrogen-bond acceptors (Lipinski definition) is 5. The van der Waals surface area contributed by atoms with E-state index in [2.05, 4.69) is 0 Å². The first-order valence-corrected chi connectivity index (χ1v) is 19.5. The van der Waals surface area contributed by atoms with Gasteiger partial charge < -0.3 is 4.90 Å². The van der Waals surface area contributed by atoms with Crippen LogP contribution in [0.4, 0.5) is 17.1 Å². The molecule has 2 aromatic heterocycles. The lowest BCUT2D eigenvalue weighted by Gasteiger charge is -2.26. The third kappa shape index (κ3) is 5.64. The summed E-state index contributed by atoms with van der Waals surface area (Å²) in [6.45, 7) is 0. The lowest BCUT2D eigenvalue weighted by molar-refractivity contribution is 1.29. The second kappa shape index (κ2) is 13.0. The van der Waals surface area contributed by atoms with Gasteiger partial charge in [0.1, 0.15) is 10.0 Å². The van der Waals surface area contributed by atoms with E-state index in [1.54, 1.807) is 27.6 Å². The highest BCUT2D eigenvalue weighted by Gasteiger charge is 2.16. The van der Waals surface area contributed by atoms with Crippen LogP contribution in [-0.4, -0.2) is 9.97 Å². The van der Waals surface area contributed by atoms with Crippen molar-refractivity contribution >= 4 is 92.5 Å². The fraction of sp³-hybridized carbons (Fsp3) is 0. The van der Waals surface area contributed by atoms with Crippen LogP contribution < -0.4 is 4.90 Å². The van der Waals surface area contributed by atoms with Crippen molar-refractivity contribution in [3.8, 4) is 32.3 Å². The van der Waals surface area contributed by atoms with Crippen LogP contribution in [-0.2, 0) is 0 Å². The highest BCUT2D eigenvalue weighted by atomic mass is 32.1. The molecule has 2 heterocycles. The molecule has 0 atom stereocenters. The molecule has 0 unspecified atom stereocenters. The Hall–Kier alpha value is -6.66. The number of para-hydroxylation sites is 2. The van der Waals surface area contributed by atoms with Crippen molar-refractivity contribution in [2.75, 3.05) is 4.90 Å². The standard InChI is InChI=1S/C50H31N3S2/c1-2-10-41-36(9-1)31-44(43-12-4-3-11-42(41)43)37-18-17-35-30-40(28-23-34(35)29-37)53(38-24-19-32(20-25-38)49-51-45-13-5-7-15-47(45)54-49)39-26-21-33(22-27-39)50-52-46-14-6-8-16-48(46)55-50/h1-31H/i17D,18D,23D,28D,29D,30D. The van der Waals surface area contributed by atoms with E-state index in [0.717, 1.165) is 63.1 Å². The minimum Gasteiger partial charge on any atom is -0.310 e. The van der Waals surface area contributed by atoms with Crippen LogP contribution in [0.5, 0.6) is 0 Å². The Balaban J connectivity index is 1.11. The van der Waals surface area contributed by atoms with E-state index in [1.807, 2.05) is 152 Å². The zero-order valence-electron chi connectivity index (χ0n) is 35.1. The van der Waals surface area contributed by atoms with Gasteiger partial charge in [-0.15, -0.1) is 22.7 Å². The number of aromatic nitrogens is 2. The Kier molecular flexibility index (Phi) is 6.20. The fourth-order valence-corrected chi connectivity index (χ4v) is 9.22. The van der Waals surface area contributed by atoms with E-state index in [4.69, 9.17) is 9.97 Å². The number of thiazole rings is 2. The number of hydrogen-bond donors (Lipinski definition) is 0. The van der Waals surface area contributed by atoms with Gasteiger partial charge in [0.25, 0.3) is 0 Å². The first kappa shape index (κ1) is 26.2. The lowest BCUT2D eigenvalue weighted by atomic mass is 9.92. The van der Waals surface area contributed by atoms with Gasteiger partial charge in [0.05, 0.1) is 28.7 Å². The first-order chi connectivity index (χ1) is 29.7. The van der Waals surface area contributed by atoms with Crippen LogP contribution in [0, 0.1) is 0 Å². The predicted octanol–water partition coefficient (Wildman–Crippen LogP) is 14.8. The number of fused-ring (bicyclic) bond motifs is 6. The molecule has 0 aliphatic carbocycles. The summed E-state index contributed by atoms with van der Waals surface area (Å²) < 4.78 is 59.6. The van der Waals surface area contributed by atoms with E-state index in [-0.39, 0.29) is 58.3 Å². The maximum Gasteiger partial charge on any atom is 0.124 e. The third-order valence-electron chi connectivity index (χ3n) is 9.96. The molecule has 0 saturated carbocycles. The van der Waals surface area contributed by atoms with Gasteiger partial charge in [0.15, 0.2) is 0 Å². The molecule has 5 heteroatoms. The molecule has 258 valence electrons. The van der Waals surface area contributed by atoms with Gasteiger partial charge in [-0.2, -0.15) is 0 Å². The van der Waals surface area contributed by atoms with Gasteiger partial charge in [0.2, 0.25) is 0 Å². The molecule has 55 heavy (non-hydrogen) atoms. The van der Waals surface area contributed by atoms with E-state index >= 15 is 0 Å². The molecule has 9 aromatic carbocycles. The van der Waals surface area contributed by atoms with E-state index < -0.39 is 0 Å². The molecule has 0 N–H and O–H groups in total. The topological polar surface area (TPSA) is 29.0 Å². The van der Waals surface area contributed by atoms with Crippen LogP contribution >= 0.6 is 22.7 Å². The number of rotatable bonds is 6. The molecule has 0 aliphatic rings. The summed E-state index contributed by atoms with van der Waals surface area (Å²) in [5.41, 5.74) is 5.79. The second-order valence-corrected chi connectivity index (χ2v) is 15.4. The Bertz CT molecular complexity index is 3380. The molecule has 11 rings (SSSR count). The van der Waals surface area contributed by atoms with Gasteiger partial charge in [-0.25, -0.2) is 9.97 Å².